The lowest BCUT2D eigenvalue weighted by Gasteiger charge is -2.15. The zero-order valence-corrected chi connectivity index (χ0v) is 18.8. The van der Waals surface area contributed by atoms with E-state index in [1.54, 1.807) is 6.07 Å². The number of hydrogen-bond acceptors (Lipinski definition) is 7. The number of hydrogen-bond donors (Lipinski definition) is 1. The number of halogens is 2. The van der Waals surface area contributed by atoms with Crippen LogP contribution < -0.4 is 19.5 Å². The zero-order valence-electron chi connectivity index (χ0n) is 18.0. The summed E-state index contributed by atoms with van der Waals surface area (Å²) >= 11 is 0.750. The number of nitrogens with one attached hydrogen (secondary N) is 1. The van der Waals surface area contributed by atoms with Crippen LogP contribution in [-0.2, 0) is 16.0 Å². The maximum Gasteiger partial charge on any atom is 0.387 e. The number of carbonyl (C=O) groups excluding carboxylic acids is 3. The number of thioether (sulfide) groups is 1. The second-order valence-corrected chi connectivity index (χ2v) is 8.32. The molecule has 178 valence electrons. The number of alkyl halides is 2. The van der Waals surface area contributed by atoms with Crippen LogP contribution in [0.3, 0.4) is 0 Å². The van der Waals surface area contributed by atoms with Crippen molar-refractivity contribution >= 4 is 34.9 Å². The fourth-order valence-electron chi connectivity index (χ4n) is 3.54. The Bertz CT molecular complexity index is 1130. The Morgan fingerprint density at radius 1 is 1.26 bits per heavy atom. The lowest BCUT2D eigenvalue weighted by Crippen LogP contribution is -2.42. The normalized spacial score (nSPS) is 18.3. The van der Waals surface area contributed by atoms with E-state index in [2.05, 4.69) is 10.1 Å². The third-order valence-electron chi connectivity index (χ3n) is 5.15. The largest absolute Gasteiger partial charge is 0.493 e. The van der Waals surface area contributed by atoms with Gasteiger partial charge in [-0.15, -0.1) is 0 Å². The van der Waals surface area contributed by atoms with Crippen LogP contribution in [0.4, 0.5) is 13.6 Å². The van der Waals surface area contributed by atoms with Crippen LogP contribution in [0.25, 0.3) is 6.08 Å². The van der Waals surface area contributed by atoms with Gasteiger partial charge in [0, 0.05) is 19.5 Å². The number of benzene rings is 2. The fourth-order valence-corrected chi connectivity index (χ4v) is 4.41. The molecule has 8 nitrogen and oxygen atoms in total. The molecule has 2 aliphatic heterocycles. The molecule has 0 aromatic heterocycles. The van der Waals surface area contributed by atoms with Crippen LogP contribution >= 0.6 is 11.8 Å². The molecule has 0 bridgehead atoms. The highest BCUT2D eigenvalue weighted by molar-refractivity contribution is 8.18. The molecule has 0 saturated carbocycles. The summed E-state index contributed by atoms with van der Waals surface area (Å²) in [7, 11) is 1.30. The van der Waals surface area contributed by atoms with E-state index in [0.29, 0.717) is 17.7 Å². The van der Waals surface area contributed by atoms with Crippen molar-refractivity contribution in [3.05, 3.63) is 58.5 Å². The van der Waals surface area contributed by atoms with Gasteiger partial charge >= 0.3 is 6.61 Å². The van der Waals surface area contributed by atoms with Gasteiger partial charge in [0.05, 0.1) is 12.0 Å². The maximum absolute atomic E-state index is 12.7. The van der Waals surface area contributed by atoms with E-state index in [-0.39, 0.29) is 35.4 Å². The molecule has 1 N–H and O–H groups in total. The Kier molecular flexibility index (Phi) is 7.01. The van der Waals surface area contributed by atoms with Crippen molar-refractivity contribution in [2.45, 2.75) is 19.1 Å². The molecule has 3 amide bonds. The molecule has 2 aliphatic rings. The van der Waals surface area contributed by atoms with Crippen LogP contribution in [0.5, 0.6) is 17.2 Å². The van der Waals surface area contributed by atoms with Crippen LogP contribution in [0.1, 0.15) is 11.1 Å². The van der Waals surface area contributed by atoms with Crippen LogP contribution in [-0.4, -0.2) is 54.9 Å². The van der Waals surface area contributed by atoms with Crippen molar-refractivity contribution in [2.75, 3.05) is 20.2 Å². The summed E-state index contributed by atoms with van der Waals surface area (Å²) in [5, 5.41) is 2.23. The van der Waals surface area contributed by atoms with Gasteiger partial charge in [0.15, 0.2) is 17.6 Å². The standard InChI is InChI=1S/C23H20F2N2O6S/c1-31-17-10-13(6-7-16(17)33-22(24)25)11-19-21(29)27(23(30)34-19)9-8-26-20(28)18-12-14-4-2-3-5-15(14)32-18/h2-7,10-11,18,22H,8-9,12H2,1H3,(H,26,28)/b19-11-. The molecule has 4 rings (SSSR count). The van der Waals surface area contributed by atoms with Crippen LogP contribution in [0, 0.1) is 0 Å². The number of amides is 3. The molecular formula is C23H20F2N2O6S. The number of rotatable bonds is 8. The molecule has 2 aromatic carbocycles. The Balaban J connectivity index is 1.34. The number of carbonyl (C=O) groups is 3. The van der Waals surface area contributed by atoms with E-state index < -0.39 is 23.9 Å². The first-order valence-electron chi connectivity index (χ1n) is 10.3. The van der Waals surface area contributed by atoms with Crippen molar-refractivity contribution in [1.82, 2.24) is 10.2 Å². The molecule has 0 radical (unpaired) electrons. The van der Waals surface area contributed by atoms with E-state index in [1.807, 2.05) is 18.2 Å². The van der Waals surface area contributed by atoms with E-state index in [0.717, 1.165) is 22.2 Å². The SMILES string of the molecule is COc1cc(/C=C2\SC(=O)N(CCNC(=O)C3Cc4ccccc4O3)C2=O)ccc1OC(F)F. The minimum Gasteiger partial charge on any atom is -0.493 e. The van der Waals surface area contributed by atoms with Crippen molar-refractivity contribution in [1.29, 1.82) is 0 Å². The first kappa shape index (κ1) is 23.6. The van der Waals surface area contributed by atoms with Gasteiger partial charge in [-0.3, -0.25) is 19.3 Å². The maximum atomic E-state index is 12.7. The lowest BCUT2D eigenvalue weighted by molar-refractivity contribution is -0.128. The predicted molar refractivity (Wildman–Crippen MR) is 120 cm³/mol. The van der Waals surface area contributed by atoms with Crippen molar-refractivity contribution < 1.29 is 37.4 Å². The Morgan fingerprint density at radius 2 is 2.06 bits per heavy atom. The summed E-state index contributed by atoms with van der Waals surface area (Å²) in [6.07, 6.45) is 1.26. The van der Waals surface area contributed by atoms with Crippen molar-refractivity contribution in [2.24, 2.45) is 0 Å². The van der Waals surface area contributed by atoms with Gasteiger partial charge in [0.1, 0.15) is 5.75 Å². The highest BCUT2D eigenvalue weighted by Gasteiger charge is 2.35. The molecule has 1 saturated heterocycles. The molecule has 0 aliphatic carbocycles. The molecule has 11 heteroatoms. The number of methoxy groups -OCH3 is 1. The van der Waals surface area contributed by atoms with Gasteiger partial charge in [-0.25, -0.2) is 0 Å². The van der Waals surface area contributed by atoms with E-state index in [4.69, 9.17) is 9.47 Å². The molecule has 0 spiro atoms. The third-order valence-corrected chi connectivity index (χ3v) is 6.06. The molecule has 34 heavy (non-hydrogen) atoms. The summed E-state index contributed by atoms with van der Waals surface area (Å²) in [6, 6.07) is 11.6. The number of nitrogens with zero attached hydrogens (tertiary/aromatic N) is 1. The Morgan fingerprint density at radius 3 is 2.79 bits per heavy atom. The summed E-state index contributed by atoms with van der Waals surface area (Å²) in [6.45, 7) is -2.93. The smallest absolute Gasteiger partial charge is 0.387 e. The second-order valence-electron chi connectivity index (χ2n) is 7.33. The van der Waals surface area contributed by atoms with Crippen molar-refractivity contribution in [3.8, 4) is 17.2 Å². The number of fused-ring (bicyclic) bond motifs is 1. The number of ether oxygens (including phenoxy) is 3. The predicted octanol–water partition coefficient (Wildman–Crippen LogP) is 3.45. The first-order valence-corrected chi connectivity index (χ1v) is 11.1. The quantitative estimate of drug-likeness (QED) is 0.567. The van der Waals surface area contributed by atoms with Gasteiger partial charge in [0.25, 0.3) is 17.1 Å². The highest BCUT2D eigenvalue weighted by Crippen LogP contribution is 2.35. The van der Waals surface area contributed by atoms with Crippen LogP contribution in [0.15, 0.2) is 47.4 Å². The second kappa shape index (κ2) is 10.1. The monoisotopic (exact) mass is 490 g/mol. The lowest BCUT2D eigenvalue weighted by atomic mass is 10.1. The van der Waals surface area contributed by atoms with Gasteiger partial charge < -0.3 is 19.5 Å². The van der Waals surface area contributed by atoms with Crippen LogP contribution in [0.2, 0.25) is 0 Å². The molecule has 1 fully saturated rings. The number of para-hydroxylation sites is 1. The van der Waals surface area contributed by atoms with E-state index in [1.165, 1.54) is 31.4 Å². The van der Waals surface area contributed by atoms with E-state index in [9.17, 15) is 23.2 Å². The summed E-state index contributed by atoms with van der Waals surface area (Å²) in [5.74, 6) is -0.248. The molecular weight excluding hydrogens is 470 g/mol. The molecule has 2 aromatic rings. The summed E-state index contributed by atoms with van der Waals surface area (Å²) in [5.41, 5.74) is 1.42. The molecule has 1 unspecified atom stereocenters. The van der Waals surface area contributed by atoms with Gasteiger partial charge in [-0.1, -0.05) is 24.3 Å². The first-order chi connectivity index (χ1) is 16.4. The minimum absolute atomic E-state index is 0.00208. The summed E-state index contributed by atoms with van der Waals surface area (Å²) in [4.78, 5) is 38.6. The Labute approximate surface area is 197 Å². The average Bonchev–Trinajstić information content (AvgIpc) is 3.36. The van der Waals surface area contributed by atoms with Gasteiger partial charge in [0.2, 0.25) is 0 Å². The zero-order chi connectivity index (χ0) is 24.2. The van der Waals surface area contributed by atoms with Gasteiger partial charge in [-0.05, 0) is 47.2 Å². The number of imide groups is 1. The van der Waals surface area contributed by atoms with E-state index >= 15 is 0 Å². The Hall–Kier alpha value is -3.60. The minimum atomic E-state index is -3.01. The summed E-state index contributed by atoms with van der Waals surface area (Å²) < 4.78 is 40.0. The van der Waals surface area contributed by atoms with Gasteiger partial charge in [-0.2, -0.15) is 8.78 Å². The molecule has 1 atom stereocenters. The van der Waals surface area contributed by atoms with Crippen molar-refractivity contribution in [3.63, 3.8) is 0 Å². The topological polar surface area (TPSA) is 94.2 Å². The third kappa shape index (κ3) is 5.14. The molecule has 2 heterocycles. The highest BCUT2D eigenvalue weighted by atomic mass is 32.2. The fraction of sp³-hybridized carbons (Fsp3) is 0.261. The average molecular weight is 490 g/mol.